The predicted octanol–water partition coefficient (Wildman–Crippen LogP) is 3.44. The van der Waals surface area contributed by atoms with Gasteiger partial charge in [0.25, 0.3) is 0 Å². The Balaban J connectivity index is 1.92. The highest BCUT2D eigenvalue weighted by Crippen LogP contribution is 2.38. The van der Waals surface area contributed by atoms with Crippen LogP contribution in [0.1, 0.15) is 18.2 Å². The topological polar surface area (TPSA) is 54.5 Å². The first-order chi connectivity index (χ1) is 12.2. The molecule has 3 rings (SSSR count). The third-order valence-electron chi connectivity index (χ3n) is 4.02. The normalized spacial score (nSPS) is 16.7. The quantitative estimate of drug-likeness (QED) is 0.905. The SMILES string of the molecule is CC(=O)NCC1CN(c2ccc(C(F)(F)F)cc2)c2ccc(C)nc2O1. The van der Waals surface area contributed by atoms with Crippen molar-refractivity contribution in [2.24, 2.45) is 0 Å². The number of aryl methyl sites for hydroxylation is 1. The van der Waals surface area contributed by atoms with Gasteiger partial charge in [0.15, 0.2) is 0 Å². The molecule has 2 aromatic rings. The van der Waals surface area contributed by atoms with Crippen LogP contribution >= 0.6 is 0 Å². The number of alkyl halides is 3. The van der Waals surface area contributed by atoms with Crippen LogP contribution in [0.25, 0.3) is 0 Å². The van der Waals surface area contributed by atoms with Crippen LogP contribution in [0.4, 0.5) is 24.5 Å². The van der Waals surface area contributed by atoms with Gasteiger partial charge in [-0.3, -0.25) is 4.79 Å². The number of amides is 1. The highest BCUT2D eigenvalue weighted by atomic mass is 19.4. The van der Waals surface area contributed by atoms with Gasteiger partial charge in [0.1, 0.15) is 11.8 Å². The lowest BCUT2D eigenvalue weighted by atomic mass is 10.1. The van der Waals surface area contributed by atoms with Crippen LogP contribution in [0.15, 0.2) is 36.4 Å². The standard InChI is InChI=1S/C18H18F3N3O2/c1-11-3-8-16-17(23-11)26-15(9-22-12(2)25)10-24(16)14-6-4-13(5-7-14)18(19,20)21/h3-8,15H,9-10H2,1-2H3,(H,22,25). The van der Waals surface area contributed by atoms with E-state index in [4.69, 9.17) is 4.74 Å². The Morgan fingerprint density at radius 3 is 2.58 bits per heavy atom. The summed E-state index contributed by atoms with van der Waals surface area (Å²) in [4.78, 5) is 17.4. The molecule has 8 heteroatoms. The minimum absolute atomic E-state index is 0.183. The highest BCUT2D eigenvalue weighted by Gasteiger charge is 2.32. The van der Waals surface area contributed by atoms with Crippen LogP contribution in [0.2, 0.25) is 0 Å². The van der Waals surface area contributed by atoms with E-state index in [1.807, 2.05) is 24.0 Å². The molecule has 5 nitrogen and oxygen atoms in total. The number of ether oxygens (including phenoxy) is 1. The van der Waals surface area contributed by atoms with Crippen molar-refractivity contribution < 1.29 is 22.7 Å². The van der Waals surface area contributed by atoms with Crippen molar-refractivity contribution in [1.29, 1.82) is 0 Å². The number of halogens is 3. The number of hydrogen-bond acceptors (Lipinski definition) is 4. The molecule has 1 aromatic heterocycles. The van der Waals surface area contributed by atoms with Gasteiger partial charge in [-0.1, -0.05) is 0 Å². The zero-order chi connectivity index (χ0) is 18.9. The summed E-state index contributed by atoms with van der Waals surface area (Å²) in [7, 11) is 0. The van der Waals surface area contributed by atoms with E-state index in [1.54, 1.807) is 0 Å². The lowest BCUT2D eigenvalue weighted by molar-refractivity contribution is -0.137. The van der Waals surface area contributed by atoms with Crippen molar-refractivity contribution >= 4 is 17.3 Å². The lowest BCUT2D eigenvalue weighted by Crippen LogP contribution is -2.44. The lowest BCUT2D eigenvalue weighted by Gasteiger charge is -2.35. The van der Waals surface area contributed by atoms with Crippen molar-refractivity contribution in [1.82, 2.24) is 10.3 Å². The van der Waals surface area contributed by atoms with Crippen LogP contribution < -0.4 is 15.0 Å². The van der Waals surface area contributed by atoms with Crippen molar-refractivity contribution in [2.75, 3.05) is 18.0 Å². The number of hydrogen-bond donors (Lipinski definition) is 1. The second kappa shape index (κ2) is 6.86. The van der Waals surface area contributed by atoms with Crippen molar-refractivity contribution in [3.8, 4) is 5.88 Å². The van der Waals surface area contributed by atoms with Gasteiger partial charge in [-0.25, -0.2) is 4.98 Å². The van der Waals surface area contributed by atoms with Gasteiger partial charge in [-0.15, -0.1) is 0 Å². The summed E-state index contributed by atoms with van der Waals surface area (Å²) in [6.45, 7) is 3.89. The van der Waals surface area contributed by atoms with Gasteiger partial charge in [0.05, 0.1) is 18.7 Å². The zero-order valence-corrected chi connectivity index (χ0v) is 14.3. The molecular formula is C18H18F3N3O2. The van der Waals surface area contributed by atoms with E-state index in [0.717, 1.165) is 17.8 Å². The van der Waals surface area contributed by atoms with Crippen molar-refractivity contribution in [3.05, 3.63) is 47.7 Å². The van der Waals surface area contributed by atoms with Crippen LogP contribution in [0.3, 0.4) is 0 Å². The number of pyridine rings is 1. The number of benzene rings is 1. The molecule has 1 amide bonds. The fourth-order valence-electron chi connectivity index (χ4n) is 2.75. The molecule has 1 unspecified atom stereocenters. The third-order valence-corrected chi connectivity index (χ3v) is 4.02. The fraction of sp³-hybridized carbons (Fsp3) is 0.333. The minimum atomic E-state index is -4.38. The van der Waals surface area contributed by atoms with Gasteiger partial charge >= 0.3 is 6.18 Å². The molecular weight excluding hydrogens is 347 g/mol. The monoisotopic (exact) mass is 365 g/mol. The maximum atomic E-state index is 12.8. The van der Waals surface area contributed by atoms with E-state index < -0.39 is 11.7 Å². The van der Waals surface area contributed by atoms with Crippen LogP contribution in [0, 0.1) is 6.92 Å². The maximum absolute atomic E-state index is 12.8. The number of carbonyl (C=O) groups excluding carboxylic acids is 1. The van der Waals surface area contributed by atoms with Crippen LogP contribution in [0.5, 0.6) is 5.88 Å². The fourth-order valence-corrected chi connectivity index (χ4v) is 2.75. The maximum Gasteiger partial charge on any atom is 0.416 e. The second-order valence-electron chi connectivity index (χ2n) is 6.11. The summed E-state index contributed by atoms with van der Waals surface area (Å²) in [6.07, 6.45) is -4.75. The Hall–Kier alpha value is -2.77. The molecule has 0 aliphatic carbocycles. The number of carbonyl (C=O) groups is 1. The molecule has 1 aromatic carbocycles. The smallest absolute Gasteiger partial charge is 0.416 e. The molecule has 0 saturated heterocycles. The molecule has 1 aliphatic heterocycles. The number of nitrogens with zero attached hydrogens (tertiary/aromatic N) is 2. The first-order valence-electron chi connectivity index (χ1n) is 8.07. The molecule has 0 fully saturated rings. The third kappa shape index (κ3) is 3.89. The predicted molar refractivity (Wildman–Crippen MR) is 90.5 cm³/mol. The number of anilines is 2. The first kappa shape index (κ1) is 18.0. The molecule has 1 N–H and O–H groups in total. The van der Waals surface area contributed by atoms with E-state index in [-0.39, 0.29) is 18.6 Å². The summed E-state index contributed by atoms with van der Waals surface area (Å²) >= 11 is 0. The van der Waals surface area contributed by atoms with Gasteiger partial charge in [0, 0.05) is 18.3 Å². The average Bonchev–Trinajstić information content (AvgIpc) is 2.58. The molecule has 0 saturated carbocycles. The Bertz CT molecular complexity index is 806. The Morgan fingerprint density at radius 2 is 1.96 bits per heavy atom. The summed E-state index contributed by atoms with van der Waals surface area (Å²) in [6, 6.07) is 8.59. The molecule has 0 spiro atoms. The summed E-state index contributed by atoms with van der Waals surface area (Å²) in [5.41, 5.74) is 1.33. The minimum Gasteiger partial charge on any atom is -0.469 e. The molecule has 0 bridgehead atoms. The molecule has 26 heavy (non-hydrogen) atoms. The van der Waals surface area contributed by atoms with Gasteiger partial charge in [-0.05, 0) is 43.3 Å². The van der Waals surface area contributed by atoms with Gasteiger partial charge < -0.3 is 15.0 Å². The zero-order valence-electron chi connectivity index (χ0n) is 14.3. The van der Waals surface area contributed by atoms with Crippen LogP contribution in [-0.4, -0.2) is 30.1 Å². The molecule has 0 radical (unpaired) electrons. The average molecular weight is 365 g/mol. The Labute approximate surface area is 148 Å². The number of rotatable bonds is 3. The Kier molecular flexibility index (Phi) is 4.76. The summed E-state index contributed by atoms with van der Waals surface area (Å²) < 4.78 is 44.2. The Morgan fingerprint density at radius 1 is 1.27 bits per heavy atom. The number of nitrogens with one attached hydrogen (secondary N) is 1. The van der Waals surface area contributed by atoms with E-state index in [2.05, 4.69) is 10.3 Å². The second-order valence-corrected chi connectivity index (χ2v) is 6.11. The van der Waals surface area contributed by atoms with E-state index >= 15 is 0 Å². The van der Waals surface area contributed by atoms with Gasteiger partial charge in [-0.2, -0.15) is 13.2 Å². The van der Waals surface area contributed by atoms with E-state index in [0.29, 0.717) is 23.8 Å². The highest BCUT2D eigenvalue weighted by molar-refractivity contribution is 5.73. The summed E-state index contributed by atoms with van der Waals surface area (Å²) in [5.74, 6) is 0.212. The number of fused-ring (bicyclic) bond motifs is 1. The first-order valence-corrected chi connectivity index (χ1v) is 8.07. The van der Waals surface area contributed by atoms with E-state index in [1.165, 1.54) is 19.1 Å². The summed E-state index contributed by atoms with van der Waals surface area (Å²) in [5, 5.41) is 2.69. The molecule has 1 atom stereocenters. The molecule has 1 aliphatic rings. The number of aromatic nitrogens is 1. The van der Waals surface area contributed by atoms with Crippen LogP contribution in [-0.2, 0) is 11.0 Å². The largest absolute Gasteiger partial charge is 0.469 e. The van der Waals surface area contributed by atoms with Crippen molar-refractivity contribution in [2.45, 2.75) is 26.1 Å². The molecule has 138 valence electrons. The molecule has 2 heterocycles. The van der Waals surface area contributed by atoms with E-state index in [9.17, 15) is 18.0 Å². The van der Waals surface area contributed by atoms with Crippen molar-refractivity contribution in [3.63, 3.8) is 0 Å². The van der Waals surface area contributed by atoms with Gasteiger partial charge in [0.2, 0.25) is 11.8 Å².